The molecule has 7 rings (SSSR count). The van der Waals surface area contributed by atoms with E-state index in [2.05, 4.69) is 32.2 Å². The first-order chi connectivity index (χ1) is 21.4. The first kappa shape index (κ1) is 27.6. The molecule has 8 nitrogen and oxygen atoms in total. The topological polar surface area (TPSA) is 80.7 Å². The number of imidazole rings is 1. The van der Waals surface area contributed by atoms with Crippen LogP contribution < -0.4 is 5.32 Å². The number of morpholine rings is 1. The average Bonchev–Trinajstić information content (AvgIpc) is 3.67. The normalized spacial score (nSPS) is 14.1. The van der Waals surface area contributed by atoms with Gasteiger partial charge in [-0.2, -0.15) is 13.2 Å². The summed E-state index contributed by atoms with van der Waals surface area (Å²) < 4.78 is 54.7. The van der Waals surface area contributed by atoms with Gasteiger partial charge in [0.1, 0.15) is 0 Å². The summed E-state index contributed by atoms with van der Waals surface area (Å²) in [6.07, 6.45) is 2.42. The molecule has 11 heteroatoms. The highest BCUT2D eigenvalue weighted by Gasteiger charge is 2.31. The molecule has 1 fully saturated rings. The number of benzene rings is 2. The Morgan fingerprint density at radius 1 is 0.955 bits per heavy atom. The first-order valence-electron chi connectivity index (χ1n) is 14.0. The minimum Gasteiger partial charge on any atom is -0.379 e. The molecule has 6 aromatic rings. The van der Waals surface area contributed by atoms with Crippen molar-refractivity contribution in [3.8, 4) is 23.1 Å². The molecule has 5 heterocycles. The molecule has 0 spiro atoms. The van der Waals surface area contributed by atoms with E-state index in [0.29, 0.717) is 60.6 Å². The number of pyridine rings is 2. The Morgan fingerprint density at radius 2 is 1.80 bits per heavy atom. The van der Waals surface area contributed by atoms with Crippen molar-refractivity contribution in [3.63, 3.8) is 0 Å². The maximum Gasteiger partial charge on any atom is 0.416 e. The van der Waals surface area contributed by atoms with Crippen molar-refractivity contribution in [2.75, 3.05) is 31.6 Å². The Morgan fingerprint density at radius 3 is 2.61 bits per heavy atom. The Labute approximate surface area is 250 Å². The zero-order valence-corrected chi connectivity index (χ0v) is 23.3. The summed E-state index contributed by atoms with van der Waals surface area (Å²) in [7, 11) is 0. The van der Waals surface area contributed by atoms with E-state index in [9.17, 15) is 13.2 Å². The van der Waals surface area contributed by atoms with Crippen LogP contribution in [0.4, 0.5) is 24.7 Å². The van der Waals surface area contributed by atoms with Gasteiger partial charge in [-0.15, -0.1) is 0 Å². The largest absolute Gasteiger partial charge is 0.416 e. The zero-order valence-electron chi connectivity index (χ0n) is 23.3. The number of rotatable bonds is 5. The second-order valence-electron chi connectivity index (χ2n) is 10.4. The van der Waals surface area contributed by atoms with E-state index in [0.717, 1.165) is 22.7 Å². The number of alkyl halides is 3. The van der Waals surface area contributed by atoms with Crippen molar-refractivity contribution < 1.29 is 22.4 Å². The SMILES string of the molecule is FC(F)(F)c1cc(CN2CCOCC2)cc(Nc2noc3c(C#Cc4ccc5cncn5c4)c(-c4ccccc4)ncc23)c1. The molecule has 0 radical (unpaired) electrons. The Hall–Kier alpha value is -5.18. The van der Waals surface area contributed by atoms with Crippen LogP contribution in [0.2, 0.25) is 0 Å². The van der Waals surface area contributed by atoms with Gasteiger partial charge in [0.25, 0.3) is 0 Å². The lowest BCUT2D eigenvalue weighted by Crippen LogP contribution is -2.35. The number of nitrogens with one attached hydrogen (secondary N) is 1. The predicted molar refractivity (Wildman–Crippen MR) is 159 cm³/mol. The summed E-state index contributed by atoms with van der Waals surface area (Å²) in [6.45, 7) is 2.78. The van der Waals surface area contributed by atoms with Crippen LogP contribution in [0.3, 0.4) is 0 Å². The fourth-order valence-electron chi connectivity index (χ4n) is 5.22. The molecule has 0 bridgehead atoms. The molecule has 4 aromatic heterocycles. The molecular formula is C33H25F3N6O2. The van der Waals surface area contributed by atoms with Crippen molar-refractivity contribution >= 4 is 28.0 Å². The Balaban J connectivity index is 1.28. The maximum atomic E-state index is 13.9. The zero-order chi connectivity index (χ0) is 30.1. The average molecular weight is 595 g/mol. The number of anilines is 2. The van der Waals surface area contributed by atoms with E-state index in [1.807, 2.05) is 53.1 Å². The molecule has 0 aliphatic carbocycles. The second-order valence-corrected chi connectivity index (χ2v) is 10.4. The van der Waals surface area contributed by atoms with Gasteiger partial charge in [-0.25, -0.2) is 4.98 Å². The van der Waals surface area contributed by atoms with E-state index >= 15 is 0 Å². The Kier molecular flexibility index (Phi) is 7.21. The molecule has 1 aliphatic rings. The van der Waals surface area contributed by atoms with Crippen LogP contribution >= 0.6 is 0 Å². The third kappa shape index (κ3) is 5.73. The molecule has 1 N–H and O–H groups in total. The highest BCUT2D eigenvalue weighted by Crippen LogP contribution is 2.36. The van der Waals surface area contributed by atoms with E-state index in [-0.39, 0.29) is 11.5 Å². The quantitative estimate of drug-likeness (QED) is 0.227. The Bertz CT molecular complexity index is 2020. The number of ether oxygens (including phenoxy) is 1. The molecule has 1 saturated heterocycles. The maximum absolute atomic E-state index is 13.9. The van der Waals surface area contributed by atoms with Gasteiger partial charge in [-0.1, -0.05) is 47.3 Å². The van der Waals surface area contributed by atoms with Gasteiger partial charge in [-0.3, -0.25) is 9.88 Å². The molecule has 2 aromatic carbocycles. The van der Waals surface area contributed by atoms with E-state index in [4.69, 9.17) is 14.2 Å². The molecule has 0 atom stereocenters. The standard InChI is InChI=1S/C33H25F3N6O2/c34-33(35,36)25-14-23(19-41-10-12-43-13-11-41)15-26(16-25)39-32-29-18-38-30(24-4-2-1-3-5-24)28(31(29)44-40-32)9-7-22-6-8-27-17-37-21-42(27)20-22/h1-6,8,14-18,20-21H,10-13,19H2,(H,39,40). The van der Waals surface area contributed by atoms with Crippen molar-refractivity contribution in [1.82, 2.24) is 24.4 Å². The van der Waals surface area contributed by atoms with Gasteiger partial charge >= 0.3 is 6.18 Å². The number of nitrogens with zero attached hydrogens (tertiary/aromatic N) is 5. The third-order valence-corrected chi connectivity index (χ3v) is 7.39. The van der Waals surface area contributed by atoms with E-state index in [1.54, 1.807) is 24.8 Å². The number of aromatic nitrogens is 4. The number of fused-ring (bicyclic) bond motifs is 2. The van der Waals surface area contributed by atoms with Crippen LogP contribution in [0.5, 0.6) is 0 Å². The van der Waals surface area contributed by atoms with Crippen molar-refractivity contribution in [2.45, 2.75) is 12.7 Å². The van der Waals surface area contributed by atoms with Gasteiger partial charge in [0, 0.05) is 48.8 Å². The molecule has 0 amide bonds. The summed E-state index contributed by atoms with van der Waals surface area (Å²) in [5.74, 6) is 6.65. The minimum atomic E-state index is -4.52. The lowest BCUT2D eigenvalue weighted by Gasteiger charge is -2.27. The summed E-state index contributed by atoms with van der Waals surface area (Å²) in [5, 5.41) is 7.74. The van der Waals surface area contributed by atoms with Gasteiger partial charge < -0.3 is 19.0 Å². The summed E-state index contributed by atoms with van der Waals surface area (Å²) in [6, 6.07) is 17.3. The lowest BCUT2D eigenvalue weighted by molar-refractivity contribution is -0.137. The lowest BCUT2D eigenvalue weighted by atomic mass is 10.0. The fraction of sp³-hybridized carbons (Fsp3) is 0.182. The van der Waals surface area contributed by atoms with Gasteiger partial charge in [0.2, 0.25) is 0 Å². The predicted octanol–water partition coefficient (Wildman–Crippen LogP) is 6.53. The number of hydrogen-bond donors (Lipinski definition) is 1. The second kappa shape index (κ2) is 11.5. The number of halogens is 3. The van der Waals surface area contributed by atoms with Crippen LogP contribution in [-0.4, -0.2) is 50.7 Å². The van der Waals surface area contributed by atoms with Gasteiger partial charge in [0.05, 0.1) is 53.5 Å². The molecule has 220 valence electrons. The smallest absolute Gasteiger partial charge is 0.379 e. The van der Waals surface area contributed by atoms with Crippen LogP contribution in [0, 0.1) is 11.8 Å². The summed E-state index contributed by atoms with van der Waals surface area (Å²) in [4.78, 5) is 10.9. The molecule has 44 heavy (non-hydrogen) atoms. The van der Waals surface area contributed by atoms with E-state index in [1.165, 1.54) is 6.07 Å². The van der Waals surface area contributed by atoms with Gasteiger partial charge in [0.15, 0.2) is 11.4 Å². The van der Waals surface area contributed by atoms with Crippen LogP contribution in [0.15, 0.2) is 90.1 Å². The van der Waals surface area contributed by atoms with Crippen molar-refractivity contribution in [3.05, 3.63) is 108 Å². The van der Waals surface area contributed by atoms with Crippen molar-refractivity contribution in [2.24, 2.45) is 0 Å². The highest BCUT2D eigenvalue weighted by molar-refractivity contribution is 5.96. The summed E-state index contributed by atoms with van der Waals surface area (Å²) >= 11 is 0. The monoisotopic (exact) mass is 594 g/mol. The van der Waals surface area contributed by atoms with Crippen LogP contribution in [0.1, 0.15) is 22.3 Å². The molecular weight excluding hydrogens is 569 g/mol. The highest BCUT2D eigenvalue weighted by atomic mass is 19.4. The third-order valence-electron chi connectivity index (χ3n) is 7.39. The van der Waals surface area contributed by atoms with Gasteiger partial charge in [-0.05, 0) is 35.9 Å². The molecule has 0 saturated carbocycles. The molecule has 0 unspecified atom stereocenters. The summed E-state index contributed by atoms with van der Waals surface area (Å²) in [5.41, 5.74) is 4.04. The fourth-order valence-corrected chi connectivity index (χ4v) is 5.22. The molecule has 1 aliphatic heterocycles. The van der Waals surface area contributed by atoms with Crippen molar-refractivity contribution in [1.29, 1.82) is 0 Å². The first-order valence-corrected chi connectivity index (χ1v) is 14.0. The number of hydrogen-bond acceptors (Lipinski definition) is 7. The van der Waals surface area contributed by atoms with Crippen LogP contribution in [-0.2, 0) is 17.5 Å². The minimum absolute atomic E-state index is 0.242. The van der Waals surface area contributed by atoms with E-state index < -0.39 is 11.7 Å². The van der Waals surface area contributed by atoms with Crippen LogP contribution in [0.25, 0.3) is 27.7 Å².